The predicted octanol–water partition coefficient (Wildman–Crippen LogP) is 4.00. The Morgan fingerprint density at radius 2 is 1.67 bits per heavy atom. The van der Waals surface area contributed by atoms with Crippen LogP contribution in [0.25, 0.3) is 0 Å². The third-order valence-corrected chi connectivity index (χ3v) is 5.92. The number of halogens is 1. The van der Waals surface area contributed by atoms with Gasteiger partial charge >= 0.3 is 0 Å². The summed E-state index contributed by atoms with van der Waals surface area (Å²) in [4.78, 5) is 4.40. The van der Waals surface area contributed by atoms with Gasteiger partial charge in [-0.2, -0.15) is 0 Å². The van der Waals surface area contributed by atoms with E-state index in [2.05, 4.69) is 27.8 Å². The summed E-state index contributed by atoms with van der Waals surface area (Å²) in [7, 11) is 5.12. The van der Waals surface area contributed by atoms with E-state index in [4.69, 9.17) is 18.9 Å². The van der Waals surface area contributed by atoms with Crippen LogP contribution in [-0.4, -0.2) is 59.6 Å². The minimum Gasteiger partial charge on any atom is -0.497 e. The zero-order valence-corrected chi connectivity index (χ0v) is 22.3. The normalized spacial score (nSPS) is 16.2. The van der Waals surface area contributed by atoms with Gasteiger partial charge in [-0.05, 0) is 49.6 Å². The monoisotopic (exact) mass is 569 g/mol. The van der Waals surface area contributed by atoms with E-state index < -0.39 is 0 Å². The van der Waals surface area contributed by atoms with Crippen molar-refractivity contribution in [3.05, 3.63) is 54.1 Å². The van der Waals surface area contributed by atoms with Crippen molar-refractivity contribution >= 4 is 29.9 Å². The largest absolute Gasteiger partial charge is 0.497 e. The number of guanidine groups is 1. The Hall–Kier alpha value is -2.20. The molecule has 0 saturated carbocycles. The Labute approximate surface area is 214 Å². The summed E-state index contributed by atoms with van der Waals surface area (Å²) in [6, 6.07) is 16.0. The fraction of sp³-hybridized carbons (Fsp3) is 0.480. The van der Waals surface area contributed by atoms with Gasteiger partial charge in [-0.3, -0.25) is 4.99 Å². The molecule has 0 aromatic heterocycles. The van der Waals surface area contributed by atoms with Crippen molar-refractivity contribution in [1.82, 2.24) is 10.6 Å². The number of hydrogen-bond donors (Lipinski definition) is 2. The zero-order chi connectivity index (χ0) is 22.8. The topological polar surface area (TPSA) is 73.3 Å². The van der Waals surface area contributed by atoms with Crippen LogP contribution in [-0.2, 0) is 10.2 Å². The third kappa shape index (κ3) is 7.40. The first-order valence-corrected chi connectivity index (χ1v) is 11.1. The molecule has 1 unspecified atom stereocenters. The second-order valence-electron chi connectivity index (χ2n) is 8.01. The average Bonchev–Trinajstić information content (AvgIpc) is 2.85. The highest BCUT2D eigenvalue weighted by atomic mass is 127. The lowest BCUT2D eigenvalue weighted by Gasteiger charge is -2.38. The average molecular weight is 569 g/mol. The van der Waals surface area contributed by atoms with Crippen molar-refractivity contribution in [2.75, 3.05) is 47.6 Å². The first-order valence-electron chi connectivity index (χ1n) is 11.1. The van der Waals surface area contributed by atoms with Gasteiger partial charge in [0.25, 0.3) is 0 Å². The molecule has 1 aliphatic heterocycles. The summed E-state index contributed by atoms with van der Waals surface area (Å²) in [6.07, 6.45) is 1.84. The maximum atomic E-state index is 6.04. The summed E-state index contributed by atoms with van der Waals surface area (Å²) >= 11 is 0. The number of benzene rings is 2. The molecule has 2 aromatic carbocycles. The van der Waals surface area contributed by atoms with E-state index in [9.17, 15) is 0 Å². The Balaban J connectivity index is 0.00000385. The first kappa shape index (κ1) is 27.0. The van der Waals surface area contributed by atoms with Gasteiger partial charge in [-0.15, -0.1) is 24.0 Å². The lowest BCUT2D eigenvalue weighted by atomic mass is 9.74. The number of methoxy groups -OCH3 is 2. The standard InChI is InChI=1S/C25H35N3O4.HI/c1-19(32-23-8-6-5-7-22(23)30-4)17-27-24(26-2)28-18-25(13-15-31-16-14-25)20-9-11-21(29-3)12-10-20;/h5-12,19H,13-18H2,1-4H3,(H2,26,27,28);1H. The summed E-state index contributed by atoms with van der Waals surface area (Å²) in [6.45, 7) is 4.90. The van der Waals surface area contributed by atoms with Gasteiger partial charge < -0.3 is 29.6 Å². The van der Waals surface area contributed by atoms with Gasteiger partial charge in [-0.1, -0.05) is 24.3 Å². The van der Waals surface area contributed by atoms with Crippen molar-refractivity contribution < 1.29 is 18.9 Å². The van der Waals surface area contributed by atoms with E-state index >= 15 is 0 Å². The van der Waals surface area contributed by atoms with Crippen LogP contribution in [0, 0.1) is 0 Å². The molecule has 0 amide bonds. The van der Waals surface area contributed by atoms with E-state index in [0.717, 1.165) is 55.8 Å². The molecular weight excluding hydrogens is 533 g/mol. The molecule has 8 heteroatoms. The second kappa shape index (κ2) is 13.5. The molecule has 1 heterocycles. The first-order chi connectivity index (χ1) is 15.6. The van der Waals surface area contributed by atoms with E-state index in [0.29, 0.717) is 6.54 Å². The van der Waals surface area contributed by atoms with Gasteiger partial charge in [-0.25, -0.2) is 0 Å². The van der Waals surface area contributed by atoms with E-state index in [1.807, 2.05) is 43.3 Å². The summed E-state index contributed by atoms with van der Waals surface area (Å²) in [5, 5.41) is 6.90. The fourth-order valence-electron chi connectivity index (χ4n) is 3.96. The molecule has 0 aliphatic carbocycles. The quantitative estimate of drug-likeness (QED) is 0.270. The lowest BCUT2D eigenvalue weighted by Crippen LogP contribution is -2.49. The number of hydrogen-bond acceptors (Lipinski definition) is 5. The number of nitrogens with one attached hydrogen (secondary N) is 2. The molecule has 0 spiro atoms. The van der Waals surface area contributed by atoms with Crippen molar-refractivity contribution in [3.8, 4) is 17.2 Å². The van der Waals surface area contributed by atoms with Crippen molar-refractivity contribution in [2.24, 2.45) is 4.99 Å². The Kier molecular flexibility index (Phi) is 11.1. The number of para-hydroxylation sites is 2. The highest BCUT2D eigenvalue weighted by Gasteiger charge is 2.34. The second-order valence-corrected chi connectivity index (χ2v) is 8.01. The van der Waals surface area contributed by atoms with E-state index in [1.165, 1.54) is 5.56 Å². The SMILES string of the molecule is CN=C(NCC(C)Oc1ccccc1OC)NCC1(c2ccc(OC)cc2)CCOCC1.I. The molecule has 182 valence electrons. The lowest BCUT2D eigenvalue weighted by molar-refractivity contribution is 0.0513. The third-order valence-electron chi connectivity index (χ3n) is 5.92. The molecule has 3 rings (SSSR count). The maximum Gasteiger partial charge on any atom is 0.191 e. The Morgan fingerprint density at radius 1 is 1.00 bits per heavy atom. The van der Waals surface area contributed by atoms with Crippen LogP contribution in [0.3, 0.4) is 0 Å². The molecule has 1 aliphatic rings. The number of aliphatic imine (C=N–C) groups is 1. The number of rotatable bonds is 9. The summed E-state index contributed by atoms with van der Waals surface area (Å²) in [5.41, 5.74) is 1.28. The van der Waals surface area contributed by atoms with E-state index in [1.54, 1.807) is 21.3 Å². The number of nitrogens with zero attached hydrogens (tertiary/aromatic N) is 1. The molecular formula is C25H36IN3O4. The minimum atomic E-state index is -0.0662. The summed E-state index contributed by atoms with van der Waals surface area (Å²) in [5.74, 6) is 3.07. The van der Waals surface area contributed by atoms with Gasteiger partial charge in [0.1, 0.15) is 11.9 Å². The van der Waals surface area contributed by atoms with Gasteiger partial charge in [0.05, 0.1) is 20.8 Å². The predicted molar refractivity (Wildman–Crippen MR) is 143 cm³/mol. The molecule has 1 atom stereocenters. The molecule has 2 aromatic rings. The molecule has 33 heavy (non-hydrogen) atoms. The van der Waals surface area contributed by atoms with Crippen LogP contribution in [0.4, 0.5) is 0 Å². The molecule has 2 N–H and O–H groups in total. The summed E-state index contributed by atoms with van der Waals surface area (Å²) < 4.78 is 22.4. The highest BCUT2D eigenvalue weighted by Crippen LogP contribution is 2.35. The zero-order valence-electron chi connectivity index (χ0n) is 19.9. The highest BCUT2D eigenvalue weighted by molar-refractivity contribution is 14.0. The van der Waals surface area contributed by atoms with Crippen molar-refractivity contribution in [3.63, 3.8) is 0 Å². The molecule has 1 saturated heterocycles. The van der Waals surface area contributed by atoms with Crippen molar-refractivity contribution in [2.45, 2.75) is 31.3 Å². The van der Waals surface area contributed by atoms with Gasteiger partial charge in [0.15, 0.2) is 17.5 Å². The van der Waals surface area contributed by atoms with Crippen LogP contribution in [0.15, 0.2) is 53.5 Å². The molecule has 0 bridgehead atoms. The Morgan fingerprint density at radius 3 is 2.27 bits per heavy atom. The van der Waals surface area contributed by atoms with Crippen LogP contribution in [0.5, 0.6) is 17.2 Å². The van der Waals surface area contributed by atoms with Gasteiger partial charge in [0, 0.05) is 32.2 Å². The minimum absolute atomic E-state index is 0. The van der Waals surface area contributed by atoms with Crippen LogP contribution in [0.1, 0.15) is 25.3 Å². The molecule has 0 radical (unpaired) electrons. The Bertz CT molecular complexity index is 870. The van der Waals surface area contributed by atoms with Crippen molar-refractivity contribution in [1.29, 1.82) is 0 Å². The smallest absolute Gasteiger partial charge is 0.191 e. The van der Waals surface area contributed by atoms with Crippen LogP contribution in [0.2, 0.25) is 0 Å². The van der Waals surface area contributed by atoms with E-state index in [-0.39, 0.29) is 35.5 Å². The fourth-order valence-corrected chi connectivity index (χ4v) is 3.96. The van der Waals surface area contributed by atoms with Gasteiger partial charge in [0.2, 0.25) is 0 Å². The number of ether oxygens (including phenoxy) is 4. The molecule has 1 fully saturated rings. The maximum absolute atomic E-state index is 6.04. The van der Waals surface area contributed by atoms with Crippen LogP contribution < -0.4 is 24.8 Å². The van der Waals surface area contributed by atoms with Crippen LogP contribution >= 0.6 is 24.0 Å². The molecule has 7 nitrogen and oxygen atoms in total.